The van der Waals surface area contributed by atoms with E-state index in [1.165, 1.54) is 0 Å². The molecule has 6 nitrogen and oxygen atoms in total. The predicted molar refractivity (Wildman–Crippen MR) is 34.1 cm³/mol. The van der Waals surface area contributed by atoms with E-state index in [1.54, 1.807) is 0 Å². The fourth-order valence-corrected chi connectivity index (χ4v) is 0.895. The Kier molecular flexibility index (Phi) is 1.75. The van der Waals surface area contributed by atoms with E-state index in [9.17, 15) is 10.0 Å². The number of rotatable bonds is 1. The number of nitrogens with one attached hydrogen (secondary N) is 2. The van der Waals surface area contributed by atoms with Gasteiger partial charge in [0, 0.05) is 0 Å². The smallest absolute Gasteiger partial charge is 0.356 e. The number of carbonyl (C=O) groups is 1. The summed E-state index contributed by atoms with van der Waals surface area (Å²) in [5.41, 5.74) is 6.84. The van der Waals surface area contributed by atoms with Gasteiger partial charge in [0.1, 0.15) is 6.54 Å². The largest absolute Gasteiger partial charge is 0.605 e. The minimum Gasteiger partial charge on any atom is -0.605 e. The third kappa shape index (κ3) is 1.56. The second kappa shape index (κ2) is 2.41. The number of carbonyl (C=O) groups excluding carboxylic acids is 1. The fraction of sp³-hybridized carbons (Fsp3) is 0.750. The zero-order valence-electron chi connectivity index (χ0n) is 5.46. The van der Waals surface area contributed by atoms with Gasteiger partial charge in [-0.2, -0.15) is 5.43 Å². The lowest BCUT2D eigenvalue weighted by Crippen LogP contribution is -2.56. The Morgan fingerprint density at radius 2 is 2.50 bits per heavy atom. The van der Waals surface area contributed by atoms with Crippen molar-refractivity contribution in [3.8, 4) is 0 Å². The molecule has 1 fully saturated rings. The lowest BCUT2D eigenvalue weighted by molar-refractivity contribution is -0.903. The summed E-state index contributed by atoms with van der Waals surface area (Å²) >= 11 is 0. The van der Waals surface area contributed by atoms with Crippen molar-refractivity contribution in [2.24, 2.45) is 5.73 Å². The molecular formula is C4H10N4O2. The second-order valence-electron chi connectivity index (χ2n) is 2.25. The molecule has 1 unspecified atom stereocenters. The predicted octanol–water partition coefficient (Wildman–Crippen LogP) is -1.55. The molecule has 58 valence electrons. The molecule has 1 aliphatic rings. The van der Waals surface area contributed by atoms with Gasteiger partial charge in [0.15, 0.2) is 6.67 Å². The van der Waals surface area contributed by atoms with E-state index in [2.05, 4.69) is 10.7 Å². The molecular weight excluding hydrogens is 136 g/mol. The molecule has 0 aromatic rings. The quantitative estimate of drug-likeness (QED) is 0.309. The summed E-state index contributed by atoms with van der Waals surface area (Å²) in [5.74, 6) is 0. The van der Waals surface area contributed by atoms with Gasteiger partial charge < -0.3 is 10.9 Å². The minimum absolute atomic E-state index is 0.197. The summed E-state index contributed by atoms with van der Waals surface area (Å²) in [6.07, 6.45) is 0. The van der Waals surface area contributed by atoms with Gasteiger partial charge in [-0.1, -0.05) is 0 Å². The summed E-state index contributed by atoms with van der Waals surface area (Å²) in [7, 11) is 0. The summed E-state index contributed by atoms with van der Waals surface area (Å²) in [4.78, 5) is 10.2. The van der Waals surface area contributed by atoms with Crippen molar-refractivity contribution in [2.45, 2.75) is 0 Å². The Bertz CT molecular complexity index is 142. The first-order valence-electron chi connectivity index (χ1n) is 2.99. The maximum Gasteiger partial charge on any atom is 0.356 e. The third-order valence-corrected chi connectivity index (χ3v) is 1.33. The summed E-state index contributed by atoms with van der Waals surface area (Å²) in [5, 5.41) is 14.0. The Hall–Kier alpha value is -0.850. The maximum atomic E-state index is 11.2. The monoisotopic (exact) mass is 146 g/mol. The van der Waals surface area contributed by atoms with Gasteiger partial charge in [0.25, 0.3) is 0 Å². The minimum atomic E-state index is -0.779. The average Bonchev–Trinajstić information content (AvgIpc) is 2.12. The second-order valence-corrected chi connectivity index (χ2v) is 2.25. The molecule has 1 rings (SSSR count). The third-order valence-electron chi connectivity index (χ3n) is 1.33. The summed E-state index contributed by atoms with van der Waals surface area (Å²) < 4.78 is -0.755. The summed E-state index contributed by atoms with van der Waals surface area (Å²) in [6.45, 7) is 1.15. The van der Waals surface area contributed by atoms with E-state index in [-0.39, 0.29) is 6.67 Å². The Morgan fingerprint density at radius 1 is 1.80 bits per heavy atom. The molecule has 0 spiro atoms. The number of urea groups is 1. The van der Waals surface area contributed by atoms with Crippen LogP contribution in [0.2, 0.25) is 0 Å². The van der Waals surface area contributed by atoms with Crippen molar-refractivity contribution in [2.75, 3.05) is 19.8 Å². The van der Waals surface area contributed by atoms with Crippen LogP contribution in [0.4, 0.5) is 4.79 Å². The first-order chi connectivity index (χ1) is 4.62. The molecule has 1 heterocycles. The molecule has 1 atom stereocenters. The lowest BCUT2D eigenvalue weighted by atomic mass is 10.7. The summed E-state index contributed by atoms with van der Waals surface area (Å²) in [6, 6.07) is -0.779. The molecule has 0 aliphatic carbocycles. The number of quaternary nitrogens is 1. The van der Waals surface area contributed by atoms with E-state index in [1.807, 2.05) is 0 Å². The van der Waals surface area contributed by atoms with Crippen LogP contribution in [0.5, 0.6) is 0 Å². The van der Waals surface area contributed by atoms with E-state index in [4.69, 9.17) is 5.73 Å². The number of nitrogens with two attached hydrogens (primary N) is 1. The van der Waals surface area contributed by atoms with Gasteiger partial charge in [0.05, 0.1) is 6.54 Å². The van der Waals surface area contributed by atoms with Gasteiger partial charge in [-0.3, -0.25) is 5.32 Å². The normalized spacial score (nSPS) is 32.1. The molecule has 2 amide bonds. The van der Waals surface area contributed by atoms with E-state index in [0.29, 0.717) is 13.1 Å². The molecule has 10 heavy (non-hydrogen) atoms. The van der Waals surface area contributed by atoms with Gasteiger partial charge in [0.2, 0.25) is 0 Å². The van der Waals surface area contributed by atoms with E-state index < -0.39 is 10.8 Å². The number of primary amides is 1. The van der Waals surface area contributed by atoms with Gasteiger partial charge >= 0.3 is 6.03 Å². The van der Waals surface area contributed by atoms with Crippen LogP contribution in [0, 0.1) is 5.21 Å². The van der Waals surface area contributed by atoms with Gasteiger partial charge in [-0.15, -0.1) is 0 Å². The van der Waals surface area contributed by atoms with Crippen molar-refractivity contribution in [1.82, 2.24) is 10.7 Å². The van der Waals surface area contributed by atoms with Crippen LogP contribution >= 0.6 is 0 Å². The van der Waals surface area contributed by atoms with Gasteiger partial charge in [-0.05, 0) is 0 Å². The van der Waals surface area contributed by atoms with Gasteiger partial charge in [-0.25, -0.2) is 9.55 Å². The van der Waals surface area contributed by atoms with Crippen molar-refractivity contribution in [3.05, 3.63) is 5.21 Å². The molecule has 0 radical (unpaired) electrons. The average molecular weight is 146 g/mol. The number of amides is 2. The Balaban J connectivity index is 2.43. The van der Waals surface area contributed by atoms with Crippen molar-refractivity contribution < 1.29 is 9.55 Å². The molecule has 0 saturated carbocycles. The molecule has 0 aromatic carbocycles. The topological polar surface area (TPSA) is 90.2 Å². The molecule has 0 aromatic heterocycles. The van der Waals surface area contributed by atoms with Crippen molar-refractivity contribution in [3.63, 3.8) is 0 Å². The lowest BCUT2D eigenvalue weighted by Gasteiger charge is -2.34. The highest BCUT2D eigenvalue weighted by Gasteiger charge is 2.23. The Labute approximate surface area is 58.1 Å². The van der Waals surface area contributed by atoms with Crippen LogP contribution in [-0.4, -0.2) is 30.5 Å². The molecule has 1 saturated heterocycles. The highest BCUT2D eigenvalue weighted by atomic mass is 16.6. The maximum absolute atomic E-state index is 11.2. The zero-order chi connectivity index (χ0) is 7.61. The standard InChI is InChI=1S/C4H10N4O2/c5-4(9)7-8(10)2-1-6-3-8/h6H,1-3H2,(H3,5,7,9). The van der Waals surface area contributed by atoms with Crippen LogP contribution in [-0.2, 0) is 0 Å². The van der Waals surface area contributed by atoms with Crippen LogP contribution in [0.3, 0.4) is 0 Å². The first kappa shape index (κ1) is 7.26. The van der Waals surface area contributed by atoms with Crippen molar-refractivity contribution >= 4 is 6.03 Å². The number of hydrogen-bond acceptors (Lipinski definition) is 3. The van der Waals surface area contributed by atoms with Crippen LogP contribution in [0.1, 0.15) is 0 Å². The Morgan fingerprint density at radius 3 is 2.90 bits per heavy atom. The van der Waals surface area contributed by atoms with Crippen LogP contribution in [0.15, 0.2) is 0 Å². The molecule has 4 N–H and O–H groups in total. The SMILES string of the molecule is NC(=O)N[N+]1([O-])CCNC1. The van der Waals surface area contributed by atoms with Crippen LogP contribution < -0.4 is 16.5 Å². The molecule has 0 bridgehead atoms. The van der Waals surface area contributed by atoms with Crippen molar-refractivity contribution in [1.29, 1.82) is 0 Å². The van der Waals surface area contributed by atoms with Crippen LogP contribution in [0.25, 0.3) is 0 Å². The van der Waals surface area contributed by atoms with E-state index in [0.717, 1.165) is 0 Å². The zero-order valence-corrected chi connectivity index (χ0v) is 5.46. The van der Waals surface area contributed by atoms with E-state index >= 15 is 0 Å². The number of nitrogens with zero attached hydrogens (tertiary/aromatic N) is 1. The number of hydrogen-bond donors (Lipinski definition) is 3. The number of hydroxylamine groups is 2. The molecule has 1 aliphatic heterocycles. The fourth-order valence-electron chi connectivity index (χ4n) is 0.895. The highest BCUT2D eigenvalue weighted by molar-refractivity contribution is 5.70. The molecule has 6 heteroatoms. The first-order valence-corrected chi connectivity index (χ1v) is 2.99. The highest BCUT2D eigenvalue weighted by Crippen LogP contribution is 2.00.